The van der Waals surface area contributed by atoms with Gasteiger partial charge in [0.25, 0.3) is 0 Å². The van der Waals surface area contributed by atoms with Crippen LogP contribution in [0.4, 0.5) is 0 Å². The highest BCUT2D eigenvalue weighted by Crippen LogP contribution is 2.21. The van der Waals surface area contributed by atoms with Gasteiger partial charge in [0.05, 0.1) is 17.9 Å². The second kappa shape index (κ2) is 5.55. The maximum absolute atomic E-state index is 11.3. The summed E-state index contributed by atoms with van der Waals surface area (Å²) in [5, 5.41) is 5.52. The third kappa shape index (κ3) is 3.01. The van der Waals surface area contributed by atoms with Crippen molar-refractivity contribution in [3.8, 4) is 10.7 Å². The highest BCUT2D eigenvalue weighted by atomic mass is 32.1. The van der Waals surface area contributed by atoms with Crippen LogP contribution < -0.4 is 5.32 Å². The van der Waals surface area contributed by atoms with E-state index in [9.17, 15) is 4.79 Å². The lowest BCUT2D eigenvalue weighted by Crippen LogP contribution is -2.23. The number of nitrogens with zero attached hydrogens (tertiary/aromatic N) is 2. The number of amides is 1. The van der Waals surface area contributed by atoms with Crippen LogP contribution in [-0.4, -0.2) is 15.9 Å². The minimum atomic E-state index is -0.151. The second-order valence-corrected chi connectivity index (χ2v) is 4.68. The van der Waals surface area contributed by atoms with E-state index in [2.05, 4.69) is 21.9 Å². The molecule has 0 radical (unpaired) electrons. The molecule has 0 saturated carbocycles. The Balaban J connectivity index is 2.03. The lowest BCUT2D eigenvalue weighted by Gasteiger charge is -2.01. The third-order valence-electron chi connectivity index (χ3n) is 2.25. The first-order valence-corrected chi connectivity index (χ1v) is 6.34. The van der Waals surface area contributed by atoms with E-state index in [0.29, 0.717) is 12.1 Å². The van der Waals surface area contributed by atoms with Gasteiger partial charge in [0.1, 0.15) is 5.01 Å². The van der Waals surface area contributed by atoms with Crippen molar-refractivity contribution in [3.05, 3.63) is 47.6 Å². The number of pyridine rings is 1. The molecule has 0 unspecified atom stereocenters. The molecule has 1 amide bonds. The molecule has 0 saturated heterocycles. The van der Waals surface area contributed by atoms with Crippen molar-refractivity contribution in [2.24, 2.45) is 0 Å². The van der Waals surface area contributed by atoms with Crippen molar-refractivity contribution in [1.29, 1.82) is 0 Å². The van der Waals surface area contributed by atoms with Gasteiger partial charge in [-0.1, -0.05) is 12.6 Å². The summed E-state index contributed by atoms with van der Waals surface area (Å²) in [6.07, 6.45) is 1.74. The van der Waals surface area contributed by atoms with Gasteiger partial charge in [0.15, 0.2) is 0 Å². The molecule has 0 aromatic carbocycles. The molecular formula is C13H13N3OS. The Labute approximate surface area is 109 Å². The molecule has 0 aliphatic carbocycles. The van der Waals surface area contributed by atoms with E-state index in [1.54, 1.807) is 13.1 Å². The van der Waals surface area contributed by atoms with Gasteiger partial charge in [-0.15, -0.1) is 11.3 Å². The van der Waals surface area contributed by atoms with E-state index < -0.39 is 0 Å². The van der Waals surface area contributed by atoms with E-state index in [1.807, 2.05) is 23.6 Å². The van der Waals surface area contributed by atoms with Gasteiger partial charge in [-0.25, -0.2) is 4.98 Å². The number of aromatic nitrogens is 2. The number of carbonyl (C=O) groups is 1. The lowest BCUT2D eigenvalue weighted by atomic mass is 10.3. The molecule has 2 aromatic rings. The summed E-state index contributed by atoms with van der Waals surface area (Å²) >= 11 is 1.52. The Kier molecular flexibility index (Phi) is 3.84. The SMILES string of the molecule is C=C(C)C(=O)NCc1csc(-c2ccccn2)n1. The quantitative estimate of drug-likeness (QED) is 0.858. The molecule has 2 heterocycles. The fourth-order valence-electron chi connectivity index (χ4n) is 1.32. The molecule has 0 aliphatic rings. The van der Waals surface area contributed by atoms with Crippen molar-refractivity contribution in [2.45, 2.75) is 13.5 Å². The molecule has 0 atom stereocenters. The van der Waals surface area contributed by atoms with Gasteiger partial charge in [0, 0.05) is 17.2 Å². The minimum absolute atomic E-state index is 0.151. The minimum Gasteiger partial charge on any atom is -0.347 e. The fourth-order valence-corrected chi connectivity index (χ4v) is 2.11. The van der Waals surface area contributed by atoms with E-state index in [4.69, 9.17) is 0 Å². The van der Waals surface area contributed by atoms with Crippen LogP contribution in [0.3, 0.4) is 0 Å². The average molecular weight is 259 g/mol. The van der Waals surface area contributed by atoms with Crippen LogP contribution in [0.5, 0.6) is 0 Å². The summed E-state index contributed by atoms with van der Waals surface area (Å²) in [5.74, 6) is -0.151. The zero-order valence-corrected chi connectivity index (χ0v) is 10.8. The summed E-state index contributed by atoms with van der Waals surface area (Å²) in [4.78, 5) is 20.0. The van der Waals surface area contributed by atoms with Crippen LogP contribution >= 0.6 is 11.3 Å². The van der Waals surface area contributed by atoms with Gasteiger partial charge >= 0.3 is 0 Å². The van der Waals surface area contributed by atoms with Gasteiger partial charge in [-0.3, -0.25) is 9.78 Å². The zero-order chi connectivity index (χ0) is 13.0. The monoisotopic (exact) mass is 259 g/mol. The summed E-state index contributed by atoms with van der Waals surface area (Å²) in [6.45, 7) is 5.67. The van der Waals surface area contributed by atoms with Crippen molar-refractivity contribution in [3.63, 3.8) is 0 Å². The zero-order valence-electron chi connectivity index (χ0n) is 10.0. The Hall–Kier alpha value is -2.01. The third-order valence-corrected chi connectivity index (χ3v) is 3.17. The standard InChI is InChI=1S/C13H13N3OS/c1-9(2)12(17)15-7-10-8-18-13(16-10)11-5-3-4-6-14-11/h3-6,8H,1,7H2,2H3,(H,15,17). The van der Waals surface area contributed by atoms with Crippen LogP contribution in [0, 0.1) is 0 Å². The van der Waals surface area contributed by atoms with Crippen LogP contribution in [0.1, 0.15) is 12.6 Å². The summed E-state index contributed by atoms with van der Waals surface area (Å²) < 4.78 is 0. The van der Waals surface area contributed by atoms with Gasteiger partial charge in [0.2, 0.25) is 5.91 Å². The smallest absolute Gasteiger partial charge is 0.246 e. The number of hydrogen-bond acceptors (Lipinski definition) is 4. The fraction of sp³-hybridized carbons (Fsp3) is 0.154. The maximum atomic E-state index is 11.3. The van der Waals surface area contributed by atoms with Crippen molar-refractivity contribution < 1.29 is 4.79 Å². The average Bonchev–Trinajstić information content (AvgIpc) is 2.85. The van der Waals surface area contributed by atoms with E-state index >= 15 is 0 Å². The molecule has 1 N–H and O–H groups in total. The highest BCUT2D eigenvalue weighted by Gasteiger charge is 2.07. The van der Waals surface area contributed by atoms with Gasteiger partial charge < -0.3 is 5.32 Å². The van der Waals surface area contributed by atoms with Crippen molar-refractivity contribution >= 4 is 17.2 Å². The van der Waals surface area contributed by atoms with Crippen LogP contribution in [0.2, 0.25) is 0 Å². The number of rotatable bonds is 4. The number of nitrogens with one attached hydrogen (secondary N) is 1. The normalized spacial score (nSPS) is 10.1. The van der Waals surface area contributed by atoms with Crippen LogP contribution in [0.25, 0.3) is 10.7 Å². The Morgan fingerprint density at radius 3 is 3.00 bits per heavy atom. The molecule has 0 spiro atoms. The molecule has 2 aromatic heterocycles. The van der Waals surface area contributed by atoms with Crippen LogP contribution in [0.15, 0.2) is 41.9 Å². The molecule has 0 fully saturated rings. The molecule has 4 nitrogen and oxygen atoms in total. The lowest BCUT2D eigenvalue weighted by molar-refractivity contribution is -0.117. The molecule has 92 valence electrons. The first-order valence-electron chi connectivity index (χ1n) is 5.46. The molecule has 2 rings (SSSR count). The molecule has 0 bridgehead atoms. The van der Waals surface area contributed by atoms with E-state index in [1.165, 1.54) is 11.3 Å². The number of hydrogen-bond donors (Lipinski definition) is 1. The largest absolute Gasteiger partial charge is 0.347 e. The first-order chi connectivity index (χ1) is 8.66. The summed E-state index contributed by atoms with van der Waals surface area (Å²) in [7, 11) is 0. The summed E-state index contributed by atoms with van der Waals surface area (Å²) in [6, 6.07) is 5.70. The van der Waals surface area contributed by atoms with E-state index in [-0.39, 0.29) is 5.91 Å². The predicted octanol–water partition coefficient (Wildman–Crippen LogP) is 2.40. The second-order valence-electron chi connectivity index (χ2n) is 3.82. The Morgan fingerprint density at radius 1 is 1.50 bits per heavy atom. The molecule has 0 aliphatic heterocycles. The van der Waals surface area contributed by atoms with Gasteiger partial charge in [-0.2, -0.15) is 0 Å². The highest BCUT2D eigenvalue weighted by molar-refractivity contribution is 7.13. The van der Waals surface area contributed by atoms with Crippen molar-refractivity contribution in [1.82, 2.24) is 15.3 Å². The molecule has 18 heavy (non-hydrogen) atoms. The van der Waals surface area contributed by atoms with Gasteiger partial charge in [-0.05, 0) is 19.1 Å². The molecule has 5 heteroatoms. The number of thiazole rings is 1. The summed E-state index contributed by atoms with van der Waals surface area (Å²) in [5.41, 5.74) is 2.17. The Morgan fingerprint density at radius 2 is 2.33 bits per heavy atom. The maximum Gasteiger partial charge on any atom is 0.246 e. The van der Waals surface area contributed by atoms with Crippen molar-refractivity contribution in [2.75, 3.05) is 0 Å². The molecular weight excluding hydrogens is 246 g/mol. The van der Waals surface area contributed by atoms with E-state index in [0.717, 1.165) is 16.4 Å². The Bertz CT molecular complexity index is 563. The topological polar surface area (TPSA) is 54.9 Å². The predicted molar refractivity (Wildman–Crippen MR) is 72.0 cm³/mol. The number of carbonyl (C=O) groups excluding carboxylic acids is 1. The first kappa shape index (κ1) is 12.4. The van der Waals surface area contributed by atoms with Crippen LogP contribution in [-0.2, 0) is 11.3 Å².